The number of carbonyl (C=O) groups is 2. The summed E-state index contributed by atoms with van der Waals surface area (Å²) in [6, 6.07) is 5.10. The van der Waals surface area contributed by atoms with E-state index in [-0.39, 0.29) is 5.91 Å². The Hall–Kier alpha value is -1.96. The third-order valence-corrected chi connectivity index (χ3v) is 5.88. The predicted molar refractivity (Wildman–Crippen MR) is 81.0 cm³/mol. The van der Waals surface area contributed by atoms with Crippen LogP contribution in [0.15, 0.2) is 24.4 Å². The van der Waals surface area contributed by atoms with Crippen molar-refractivity contribution in [2.75, 3.05) is 25.9 Å². The van der Waals surface area contributed by atoms with Crippen LogP contribution >= 0.6 is 0 Å². The maximum Gasteiger partial charge on any atom is 0.272 e. The summed E-state index contributed by atoms with van der Waals surface area (Å²) in [5.41, 5.74) is 0.356. The van der Waals surface area contributed by atoms with Gasteiger partial charge in [-0.05, 0) is 25.0 Å². The van der Waals surface area contributed by atoms with Gasteiger partial charge in [-0.2, -0.15) is 0 Å². The Morgan fingerprint density at radius 1 is 1.32 bits per heavy atom. The van der Waals surface area contributed by atoms with Gasteiger partial charge in [0.05, 0.1) is 5.25 Å². The molecule has 1 saturated heterocycles. The molecule has 0 radical (unpaired) electrons. The SMILES string of the molecule is CNC(=O)CS(=O)(=O)C1CCN(C(=O)c2ccccn2)CC1. The molecule has 7 nitrogen and oxygen atoms in total. The zero-order valence-electron chi connectivity index (χ0n) is 12.4. The largest absolute Gasteiger partial charge is 0.358 e. The molecule has 1 aliphatic heterocycles. The number of piperidine rings is 1. The highest BCUT2D eigenvalue weighted by atomic mass is 32.2. The van der Waals surface area contributed by atoms with E-state index in [9.17, 15) is 18.0 Å². The summed E-state index contributed by atoms with van der Waals surface area (Å²) in [7, 11) is -2.07. The maximum atomic E-state index is 12.2. The van der Waals surface area contributed by atoms with Crippen molar-refractivity contribution < 1.29 is 18.0 Å². The van der Waals surface area contributed by atoms with Crippen LogP contribution in [0, 0.1) is 0 Å². The maximum absolute atomic E-state index is 12.2. The van der Waals surface area contributed by atoms with Crippen LogP contribution in [0.1, 0.15) is 23.3 Å². The number of nitrogens with one attached hydrogen (secondary N) is 1. The summed E-state index contributed by atoms with van der Waals surface area (Å²) >= 11 is 0. The van der Waals surface area contributed by atoms with Crippen molar-refractivity contribution in [2.45, 2.75) is 18.1 Å². The first-order chi connectivity index (χ1) is 10.4. The lowest BCUT2D eigenvalue weighted by Gasteiger charge is -2.31. The number of carbonyl (C=O) groups excluding carboxylic acids is 2. The fourth-order valence-corrected chi connectivity index (χ4v) is 4.12. The van der Waals surface area contributed by atoms with Crippen LogP contribution in [-0.4, -0.2) is 61.3 Å². The van der Waals surface area contributed by atoms with Crippen molar-refractivity contribution in [3.63, 3.8) is 0 Å². The molecule has 1 aromatic rings. The molecule has 0 saturated carbocycles. The molecular formula is C14H19N3O4S. The summed E-state index contributed by atoms with van der Waals surface area (Å²) in [5, 5.41) is 1.75. The van der Waals surface area contributed by atoms with Crippen molar-refractivity contribution in [3.05, 3.63) is 30.1 Å². The lowest BCUT2D eigenvalue weighted by Crippen LogP contribution is -2.44. The van der Waals surface area contributed by atoms with E-state index in [1.54, 1.807) is 29.3 Å². The highest BCUT2D eigenvalue weighted by Crippen LogP contribution is 2.19. The molecule has 0 bridgehead atoms. The van der Waals surface area contributed by atoms with Gasteiger partial charge in [0.15, 0.2) is 9.84 Å². The minimum absolute atomic E-state index is 0.192. The Morgan fingerprint density at radius 3 is 2.55 bits per heavy atom. The highest BCUT2D eigenvalue weighted by Gasteiger charge is 2.33. The van der Waals surface area contributed by atoms with Crippen LogP contribution < -0.4 is 5.32 Å². The average Bonchev–Trinajstić information content (AvgIpc) is 2.54. The van der Waals surface area contributed by atoms with E-state index in [1.807, 2.05) is 0 Å². The Bertz CT molecular complexity index is 637. The number of hydrogen-bond donors (Lipinski definition) is 1. The van der Waals surface area contributed by atoms with Crippen LogP contribution in [0.2, 0.25) is 0 Å². The van der Waals surface area contributed by atoms with Gasteiger partial charge in [0.1, 0.15) is 11.4 Å². The van der Waals surface area contributed by atoms with E-state index in [1.165, 1.54) is 7.05 Å². The van der Waals surface area contributed by atoms with Crippen LogP contribution in [0.25, 0.3) is 0 Å². The standard InChI is InChI=1S/C14H19N3O4S/c1-15-13(18)10-22(20,21)11-5-8-17(9-6-11)14(19)12-4-2-3-7-16-12/h2-4,7,11H,5-6,8-10H2,1H3,(H,15,18). The summed E-state index contributed by atoms with van der Waals surface area (Å²) in [4.78, 5) is 29.1. The fraction of sp³-hybridized carbons (Fsp3) is 0.500. The van der Waals surface area contributed by atoms with Gasteiger partial charge in [0.2, 0.25) is 5.91 Å². The number of nitrogens with zero attached hydrogens (tertiary/aromatic N) is 2. The summed E-state index contributed by atoms with van der Waals surface area (Å²) in [5.74, 6) is -1.20. The van der Waals surface area contributed by atoms with Crippen molar-refractivity contribution >= 4 is 21.7 Å². The number of sulfone groups is 1. The topological polar surface area (TPSA) is 96.4 Å². The molecule has 1 aromatic heterocycles. The predicted octanol–water partition coefficient (Wildman–Crippen LogP) is -0.153. The van der Waals surface area contributed by atoms with Gasteiger partial charge in [-0.1, -0.05) is 6.07 Å². The Kier molecular flexibility index (Phi) is 5.12. The highest BCUT2D eigenvalue weighted by molar-refractivity contribution is 7.92. The molecule has 0 aromatic carbocycles. The third-order valence-electron chi connectivity index (χ3n) is 3.73. The van der Waals surface area contributed by atoms with E-state index in [4.69, 9.17) is 0 Å². The van der Waals surface area contributed by atoms with Gasteiger partial charge in [0, 0.05) is 26.3 Å². The normalized spacial score (nSPS) is 16.3. The first-order valence-corrected chi connectivity index (χ1v) is 8.78. The Morgan fingerprint density at radius 2 is 2.00 bits per heavy atom. The minimum atomic E-state index is -3.47. The lowest BCUT2D eigenvalue weighted by atomic mass is 10.1. The number of amides is 2. The second-order valence-corrected chi connectivity index (χ2v) is 7.47. The first-order valence-electron chi connectivity index (χ1n) is 7.06. The van der Waals surface area contributed by atoms with E-state index in [2.05, 4.69) is 10.3 Å². The number of pyridine rings is 1. The molecule has 0 atom stereocenters. The molecule has 2 rings (SSSR count). The quantitative estimate of drug-likeness (QED) is 0.830. The van der Waals surface area contributed by atoms with E-state index in [0.717, 1.165) is 0 Å². The molecule has 0 aliphatic carbocycles. The van der Waals surface area contributed by atoms with Crippen LogP contribution in [0.5, 0.6) is 0 Å². The molecule has 2 amide bonds. The molecule has 0 spiro atoms. The lowest BCUT2D eigenvalue weighted by molar-refractivity contribution is -0.118. The molecule has 8 heteroatoms. The monoisotopic (exact) mass is 325 g/mol. The van der Waals surface area contributed by atoms with Crippen LogP contribution in [-0.2, 0) is 14.6 Å². The van der Waals surface area contributed by atoms with E-state index >= 15 is 0 Å². The van der Waals surface area contributed by atoms with Crippen LogP contribution in [0.4, 0.5) is 0 Å². The van der Waals surface area contributed by atoms with Gasteiger partial charge in [-0.3, -0.25) is 14.6 Å². The van der Waals surface area contributed by atoms with Crippen molar-refractivity contribution in [1.29, 1.82) is 0 Å². The zero-order valence-corrected chi connectivity index (χ0v) is 13.2. The number of hydrogen-bond acceptors (Lipinski definition) is 5. The van der Waals surface area contributed by atoms with Gasteiger partial charge in [-0.25, -0.2) is 8.42 Å². The molecular weight excluding hydrogens is 306 g/mol. The number of likely N-dealkylation sites (tertiary alicyclic amines) is 1. The summed E-state index contributed by atoms with van der Waals surface area (Å²) < 4.78 is 24.2. The molecule has 120 valence electrons. The number of aromatic nitrogens is 1. The van der Waals surface area contributed by atoms with Crippen molar-refractivity contribution in [1.82, 2.24) is 15.2 Å². The molecule has 22 heavy (non-hydrogen) atoms. The molecule has 1 N–H and O–H groups in total. The second kappa shape index (κ2) is 6.87. The summed E-state index contributed by atoms with van der Waals surface area (Å²) in [6.45, 7) is 0.708. The smallest absolute Gasteiger partial charge is 0.272 e. The van der Waals surface area contributed by atoms with E-state index < -0.39 is 26.7 Å². The Labute approximate surface area is 129 Å². The van der Waals surface area contributed by atoms with Gasteiger partial charge in [-0.15, -0.1) is 0 Å². The molecule has 1 aliphatic rings. The molecule has 0 unspecified atom stereocenters. The zero-order chi connectivity index (χ0) is 16.2. The van der Waals surface area contributed by atoms with Crippen molar-refractivity contribution in [3.8, 4) is 0 Å². The van der Waals surface area contributed by atoms with Crippen molar-refractivity contribution in [2.24, 2.45) is 0 Å². The Balaban J connectivity index is 1.96. The third kappa shape index (κ3) is 3.82. The summed E-state index contributed by atoms with van der Waals surface area (Å²) in [6.07, 6.45) is 2.24. The van der Waals surface area contributed by atoms with Gasteiger partial charge < -0.3 is 10.2 Å². The van der Waals surface area contributed by atoms with Gasteiger partial charge >= 0.3 is 0 Å². The second-order valence-electron chi connectivity index (χ2n) is 5.19. The fourth-order valence-electron chi connectivity index (χ4n) is 2.44. The minimum Gasteiger partial charge on any atom is -0.358 e. The van der Waals surface area contributed by atoms with Crippen LogP contribution in [0.3, 0.4) is 0 Å². The average molecular weight is 325 g/mol. The molecule has 2 heterocycles. The molecule has 1 fully saturated rings. The first kappa shape index (κ1) is 16.4. The number of rotatable bonds is 4. The van der Waals surface area contributed by atoms with Gasteiger partial charge in [0.25, 0.3) is 5.91 Å². The van der Waals surface area contributed by atoms with E-state index in [0.29, 0.717) is 31.6 Å².